The van der Waals surface area contributed by atoms with Gasteiger partial charge in [-0.05, 0) is 23.8 Å². The molecule has 25 heavy (non-hydrogen) atoms. The van der Waals surface area contributed by atoms with Gasteiger partial charge in [0, 0.05) is 33.3 Å². The number of halogens is 1. The average Bonchev–Trinajstić information content (AvgIpc) is 2.95. The number of benzene rings is 2. The van der Waals surface area contributed by atoms with Crippen LogP contribution in [0.1, 0.15) is 17.0 Å². The van der Waals surface area contributed by atoms with E-state index in [-0.39, 0.29) is 5.56 Å². The van der Waals surface area contributed by atoms with Gasteiger partial charge >= 0.3 is 6.09 Å². The molecule has 0 spiro atoms. The van der Waals surface area contributed by atoms with E-state index in [9.17, 15) is 19.3 Å². The van der Waals surface area contributed by atoms with E-state index in [4.69, 9.17) is 5.11 Å². The summed E-state index contributed by atoms with van der Waals surface area (Å²) >= 11 is 0. The number of nitrogens with zero attached hydrogens (tertiary/aromatic N) is 1. The number of hydrogen-bond donors (Lipinski definition) is 3. The first-order valence-corrected chi connectivity index (χ1v) is 7.43. The first-order chi connectivity index (χ1) is 12.0. The van der Waals surface area contributed by atoms with Gasteiger partial charge in [-0.25, -0.2) is 9.18 Å². The SMILES string of the molecule is O=C(O)Nc1ccc2c(C(C[N+](=O)[O-])c3ccccc3F)c[nH]c2c1. The molecule has 7 nitrogen and oxygen atoms in total. The highest BCUT2D eigenvalue weighted by Crippen LogP contribution is 2.33. The number of nitrogens with one attached hydrogen (secondary N) is 2. The molecule has 1 atom stereocenters. The standard InChI is InChI=1S/C17H14FN3O4/c18-15-4-2-1-3-11(15)14(9-21(24)25)13-8-19-16-7-10(20-17(22)23)5-6-12(13)16/h1-8,14,19-20H,9H2,(H,22,23). The molecule has 0 aliphatic heterocycles. The fraction of sp³-hybridized carbons (Fsp3) is 0.118. The number of nitro groups is 1. The lowest BCUT2D eigenvalue weighted by Gasteiger charge is -2.14. The van der Waals surface area contributed by atoms with E-state index in [2.05, 4.69) is 10.3 Å². The molecule has 1 unspecified atom stereocenters. The number of fused-ring (bicyclic) bond motifs is 1. The lowest BCUT2D eigenvalue weighted by atomic mass is 9.90. The Balaban J connectivity index is 2.08. The third kappa shape index (κ3) is 3.42. The Morgan fingerprint density at radius 1 is 1.28 bits per heavy atom. The molecule has 0 saturated heterocycles. The molecule has 1 amide bonds. The van der Waals surface area contributed by atoms with Gasteiger partial charge in [0.2, 0.25) is 6.54 Å². The summed E-state index contributed by atoms with van der Waals surface area (Å²) in [5, 5.41) is 22.8. The number of anilines is 1. The van der Waals surface area contributed by atoms with Gasteiger partial charge in [0.05, 0.1) is 5.92 Å². The van der Waals surface area contributed by atoms with Crippen molar-refractivity contribution in [2.24, 2.45) is 0 Å². The minimum atomic E-state index is -1.19. The summed E-state index contributed by atoms with van der Waals surface area (Å²) in [4.78, 5) is 24.3. The van der Waals surface area contributed by atoms with Crippen LogP contribution in [0.2, 0.25) is 0 Å². The van der Waals surface area contributed by atoms with Gasteiger partial charge in [0.1, 0.15) is 5.82 Å². The number of H-pyrrole nitrogens is 1. The molecular weight excluding hydrogens is 329 g/mol. The molecule has 3 rings (SSSR count). The van der Waals surface area contributed by atoms with Crippen LogP contribution in [0.15, 0.2) is 48.7 Å². The molecule has 128 valence electrons. The number of carboxylic acid groups (broad SMARTS) is 1. The number of carbonyl (C=O) groups is 1. The average molecular weight is 343 g/mol. The quantitative estimate of drug-likeness (QED) is 0.483. The van der Waals surface area contributed by atoms with E-state index in [1.807, 2.05) is 0 Å². The summed E-state index contributed by atoms with van der Waals surface area (Å²) in [7, 11) is 0. The van der Waals surface area contributed by atoms with Crippen LogP contribution >= 0.6 is 0 Å². The third-order valence-corrected chi connectivity index (χ3v) is 3.95. The van der Waals surface area contributed by atoms with E-state index in [1.54, 1.807) is 30.5 Å². The summed E-state index contributed by atoms with van der Waals surface area (Å²) in [6.45, 7) is -0.455. The molecule has 0 saturated carbocycles. The maximum absolute atomic E-state index is 14.2. The highest BCUT2D eigenvalue weighted by atomic mass is 19.1. The Bertz CT molecular complexity index is 954. The van der Waals surface area contributed by atoms with Crippen molar-refractivity contribution in [3.05, 3.63) is 75.7 Å². The van der Waals surface area contributed by atoms with Crippen LogP contribution in [0, 0.1) is 15.9 Å². The molecule has 0 fully saturated rings. The Morgan fingerprint density at radius 3 is 2.72 bits per heavy atom. The summed E-state index contributed by atoms with van der Waals surface area (Å²) in [6.07, 6.45) is 0.402. The maximum atomic E-state index is 14.2. The van der Waals surface area contributed by atoms with Crippen molar-refractivity contribution in [2.45, 2.75) is 5.92 Å². The molecule has 0 aliphatic carbocycles. The number of amides is 1. The first kappa shape index (κ1) is 16.4. The normalized spacial score (nSPS) is 12.0. The topological polar surface area (TPSA) is 108 Å². The zero-order valence-electron chi connectivity index (χ0n) is 12.9. The van der Waals surface area contributed by atoms with Crippen molar-refractivity contribution in [1.29, 1.82) is 0 Å². The van der Waals surface area contributed by atoms with Crippen molar-refractivity contribution in [1.82, 2.24) is 4.98 Å². The lowest BCUT2D eigenvalue weighted by molar-refractivity contribution is -0.481. The van der Waals surface area contributed by atoms with Crippen molar-refractivity contribution in [2.75, 3.05) is 11.9 Å². The van der Waals surface area contributed by atoms with Crippen LogP contribution < -0.4 is 5.32 Å². The van der Waals surface area contributed by atoms with Crippen molar-refractivity contribution in [3.8, 4) is 0 Å². The van der Waals surface area contributed by atoms with Crippen molar-refractivity contribution >= 4 is 22.7 Å². The Hall–Kier alpha value is -3.42. The van der Waals surface area contributed by atoms with Gasteiger partial charge in [0.25, 0.3) is 0 Å². The summed E-state index contributed by atoms with van der Waals surface area (Å²) in [5.41, 5.74) is 1.79. The zero-order valence-corrected chi connectivity index (χ0v) is 12.9. The third-order valence-electron chi connectivity index (χ3n) is 3.95. The second-order valence-corrected chi connectivity index (χ2v) is 5.52. The minimum Gasteiger partial charge on any atom is -0.465 e. The largest absolute Gasteiger partial charge is 0.465 e. The van der Waals surface area contributed by atoms with Crippen LogP contribution in [0.5, 0.6) is 0 Å². The maximum Gasteiger partial charge on any atom is 0.409 e. The highest BCUT2D eigenvalue weighted by Gasteiger charge is 2.25. The van der Waals surface area contributed by atoms with Gasteiger partial charge in [-0.3, -0.25) is 15.4 Å². The van der Waals surface area contributed by atoms with Gasteiger partial charge in [-0.1, -0.05) is 24.3 Å². The monoisotopic (exact) mass is 343 g/mol. The molecule has 1 heterocycles. The smallest absolute Gasteiger partial charge is 0.409 e. The van der Waals surface area contributed by atoms with Gasteiger partial charge < -0.3 is 10.1 Å². The Kier molecular flexibility index (Phi) is 4.34. The molecule has 3 aromatic rings. The predicted octanol–water partition coefficient (Wildman–Crippen LogP) is 3.81. The van der Waals surface area contributed by atoms with Gasteiger partial charge in [-0.2, -0.15) is 0 Å². The van der Waals surface area contributed by atoms with E-state index >= 15 is 0 Å². The molecule has 2 aromatic carbocycles. The number of aromatic nitrogens is 1. The second-order valence-electron chi connectivity index (χ2n) is 5.52. The first-order valence-electron chi connectivity index (χ1n) is 7.43. The lowest BCUT2D eigenvalue weighted by Crippen LogP contribution is -2.15. The number of rotatable bonds is 5. The molecule has 0 aliphatic rings. The van der Waals surface area contributed by atoms with Crippen molar-refractivity contribution in [3.63, 3.8) is 0 Å². The van der Waals surface area contributed by atoms with Gasteiger partial charge in [0.15, 0.2) is 0 Å². The predicted molar refractivity (Wildman–Crippen MR) is 90.1 cm³/mol. The van der Waals surface area contributed by atoms with Crippen molar-refractivity contribution < 1.29 is 19.2 Å². The summed E-state index contributed by atoms with van der Waals surface area (Å²) < 4.78 is 14.2. The van der Waals surface area contributed by atoms with E-state index in [0.29, 0.717) is 22.2 Å². The minimum absolute atomic E-state index is 0.243. The molecule has 0 bridgehead atoms. The zero-order chi connectivity index (χ0) is 18.0. The van der Waals surface area contributed by atoms with E-state index < -0.39 is 29.3 Å². The van der Waals surface area contributed by atoms with Crippen LogP contribution in [0.25, 0.3) is 10.9 Å². The van der Waals surface area contributed by atoms with Crippen LogP contribution in [-0.4, -0.2) is 27.7 Å². The fourth-order valence-corrected chi connectivity index (χ4v) is 2.91. The van der Waals surface area contributed by atoms with Crippen LogP contribution in [0.4, 0.5) is 14.9 Å². The molecule has 0 radical (unpaired) electrons. The summed E-state index contributed by atoms with van der Waals surface area (Å²) in [5.74, 6) is -1.27. The number of aromatic amines is 1. The van der Waals surface area contributed by atoms with E-state index in [0.717, 1.165) is 0 Å². The second kappa shape index (κ2) is 6.60. The molecule has 3 N–H and O–H groups in total. The van der Waals surface area contributed by atoms with Crippen LogP contribution in [0.3, 0.4) is 0 Å². The Labute approximate surface area is 141 Å². The summed E-state index contributed by atoms with van der Waals surface area (Å²) in [6, 6.07) is 10.8. The molecule has 1 aromatic heterocycles. The van der Waals surface area contributed by atoms with E-state index in [1.165, 1.54) is 18.2 Å². The number of hydrogen-bond acceptors (Lipinski definition) is 3. The Morgan fingerprint density at radius 2 is 2.04 bits per heavy atom. The van der Waals surface area contributed by atoms with Gasteiger partial charge in [-0.15, -0.1) is 0 Å². The highest BCUT2D eigenvalue weighted by molar-refractivity contribution is 5.91. The fourth-order valence-electron chi connectivity index (χ4n) is 2.91. The molecule has 8 heteroatoms. The van der Waals surface area contributed by atoms with Crippen LogP contribution in [-0.2, 0) is 0 Å². The molecular formula is C17H14FN3O4.